The van der Waals surface area contributed by atoms with E-state index in [0.717, 1.165) is 17.0 Å². The van der Waals surface area contributed by atoms with E-state index < -0.39 is 0 Å². The Balaban J connectivity index is 2.36. The lowest BCUT2D eigenvalue weighted by molar-refractivity contribution is 0.415. The Morgan fingerprint density at radius 1 is 1.33 bits per heavy atom. The first-order valence-electron chi connectivity index (χ1n) is 5.29. The van der Waals surface area contributed by atoms with Crippen LogP contribution in [0.1, 0.15) is 5.56 Å². The minimum absolute atomic E-state index is 0.245. The Labute approximate surface area is 110 Å². The van der Waals surface area contributed by atoms with E-state index in [9.17, 15) is 0 Å². The zero-order valence-corrected chi connectivity index (χ0v) is 10.8. The van der Waals surface area contributed by atoms with Crippen molar-refractivity contribution in [3.05, 3.63) is 35.1 Å². The molecule has 5 nitrogen and oxygen atoms in total. The van der Waals surface area contributed by atoms with Gasteiger partial charge in [-0.3, -0.25) is 0 Å². The monoisotopic (exact) mass is 264 g/mol. The van der Waals surface area contributed by atoms with Crippen molar-refractivity contribution in [2.24, 2.45) is 0 Å². The first-order valence-corrected chi connectivity index (χ1v) is 5.67. The highest BCUT2D eigenvalue weighted by molar-refractivity contribution is 6.35. The van der Waals surface area contributed by atoms with Crippen molar-refractivity contribution >= 4 is 28.9 Å². The number of benzene rings is 1. The Hall–Kier alpha value is -2.01. The van der Waals surface area contributed by atoms with Gasteiger partial charge < -0.3 is 15.8 Å². The molecule has 0 fully saturated rings. The van der Waals surface area contributed by atoms with Gasteiger partial charge in [0.25, 0.3) is 0 Å². The van der Waals surface area contributed by atoms with Crippen molar-refractivity contribution in [3.63, 3.8) is 0 Å². The number of hydrogen-bond acceptors (Lipinski definition) is 5. The van der Waals surface area contributed by atoms with Gasteiger partial charge in [-0.1, -0.05) is 17.7 Å². The third kappa shape index (κ3) is 2.46. The van der Waals surface area contributed by atoms with Crippen LogP contribution >= 0.6 is 11.6 Å². The molecule has 0 saturated heterocycles. The SMILES string of the molecule is COc1ccc(C)c(Nc2ncnc(N)c2Cl)c1. The number of nitrogens with two attached hydrogens (primary N) is 1. The summed E-state index contributed by atoms with van der Waals surface area (Å²) in [7, 11) is 1.62. The lowest BCUT2D eigenvalue weighted by atomic mass is 10.2. The van der Waals surface area contributed by atoms with E-state index in [4.69, 9.17) is 22.1 Å². The minimum atomic E-state index is 0.245. The summed E-state index contributed by atoms with van der Waals surface area (Å²) < 4.78 is 5.17. The molecule has 18 heavy (non-hydrogen) atoms. The molecule has 0 aliphatic carbocycles. The van der Waals surface area contributed by atoms with Gasteiger partial charge in [0.15, 0.2) is 5.82 Å². The van der Waals surface area contributed by atoms with Crippen LogP contribution in [0.15, 0.2) is 24.5 Å². The number of aromatic nitrogens is 2. The summed E-state index contributed by atoms with van der Waals surface area (Å²) in [6.45, 7) is 1.97. The van der Waals surface area contributed by atoms with Crippen molar-refractivity contribution in [1.82, 2.24) is 9.97 Å². The van der Waals surface area contributed by atoms with E-state index in [-0.39, 0.29) is 5.82 Å². The van der Waals surface area contributed by atoms with Crippen molar-refractivity contribution in [3.8, 4) is 5.75 Å². The molecule has 0 bridgehead atoms. The van der Waals surface area contributed by atoms with Gasteiger partial charge in [0.2, 0.25) is 0 Å². The van der Waals surface area contributed by atoms with E-state index in [1.54, 1.807) is 7.11 Å². The predicted octanol–water partition coefficient (Wildman–Crippen LogP) is 2.77. The zero-order chi connectivity index (χ0) is 13.1. The highest BCUT2D eigenvalue weighted by Crippen LogP contribution is 2.29. The maximum Gasteiger partial charge on any atom is 0.154 e. The van der Waals surface area contributed by atoms with Gasteiger partial charge in [0.05, 0.1) is 7.11 Å². The second-order valence-corrected chi connectivity index (χ2v) is 4.11. The molecule has 0 spiro atoms. The predicted molar refractivity (Wildman–Crippen MR) is 72.5 cm³/mol. The first-order chi connectivity index (χ1) is 8.61. The molecule has 94 valence electrons. The molecule has 0 unspecified atom stereocenters. The van der Waals surface area contributed by atoms with Crippen LogP contribution < -0.4 is 15.8 Å². The van der Waals surface area contributed by atoms with E-state index in [0.29, 0.717) is 10.8 Å². The normalized spacial score (nSPS) is 10.2. The molecule has 0 saturated carbocycles. The van der Waals surface area contributed by atoms with Crippen LogP contribution in [0, 0.1) is 6.92 Å². The van der Waals surface area contributed by atoms with E-state index in [1.807, 2.05) is 25.1 Å². The standard InChI is InChI=1S/C12H13ClN4O/c1-7-3-4-8(18-2)5-9(7)17-12-10(13)11(14)15-6-16-12/h3-6H,1-2H3,(H3,14,15,16,17). The third-order valence-electron chi connectivity index (χ3n) is 2.51. The number of aryl methyl sites for hydroxylation is 1. The van der Waals surface area contributed by atoms with Gasteiger partial charge in [0, 0.05) is 11.8 Å². The molecule has 0 aliphatic rings. The fourth-order valence-electron chi connectivity index (χ4n) is 1.46. The second-order valence-electron chi connectivity index (χ2n) is 3.73. The zero-order valence-electron chi connectivity index (χ0n) is 10.1. The Morgan fingerprint density at radius 2 is 2.11 bits per heavy atom. The van der Waals surface area contributed by atoms with Crippen LogP contribution in [-0.4, -0.2) is 17.1 Å². The summed E-state index contributed by atoms with van der Waals surface area (Å²) in [4.78, 5) is 7.86. The fourth-order valence-corrected chi connectivity index (χ4v) is 1.61. The number of hydrogen-bond donors (Lipinski definition) is 2. The highest BCUT2D eigenvalue weighted by atomic mass is 35.5. The Morgan fingerprint density at radius 3 is 2.83 bits per heavy atom. The smallest absolute Gasteiger partial charge is 0.154 e. The average molecular weight is 265 g/mol. The molecular formula is C12H13ClN4O. The lowest BCUT2D eigenvalue weighted by Gasteiger charge is -2.11. The van der Waals surface area contributed by atoms with Crippen molar-refractivity contribution in [1.29, 1.82) is 0 Å². The molecule has 1 aromatic carbocycles. The summed E-state index contributed by atoms with van der Waals surface area (Å²) in [5.74, 6) is 1.47. The summed E-state index contributed by atoms with van der Waals surface area (Å²) in [6, 6.07) is 5.69. The van der Waals surface area contributed by atoms with Crippen LogP contribution in [-0.2, 0) is 0 Å². The average Bonchev–Trinajstić information content (AvgIpc) is 2.37. The van der Waals surface area contributed by atoms with Crippen LogP contribution in [0.5, 0.6) is 5.75 Å². The molecule has 6 heteroatoms. The molecule has 1 aromatic heterocycles. The fraction of sp³-hybridized carbons (Fsp3) is 0.167. The Bertz CT molecular complexity index is 574. The molecule has 0 atom stereocenters. The Kier molecular flexibility index (Phi) is 3.53. The molecule has 1 heterocycles. The first kappa shape index (κ1) is 12.4. The second kappa shape index (κ2) is 5.10. The number of nitrogens with one attached hydrogen (secondary N) is 1. The van der Waals surface area contributed by atoms with Gasteiger partial charge in [0.1, 0.15) is 22.9 Å². The van der Waals surface area contributed by atoms with Crippen molar-refractivity contribution < 1.29 is 4.74 Å². The van der Waals surface area contributed by atoms with Gasteiger partial charge in [-0.2, -0.15) is 0 Å². The number of ether oxygens (including phenoxy) is 1. The summed E-state index contributed by atoms with van der Waals surface area (Å²) >= 11 is 6.03. The summed E-state index contributed by atoms with van der Waals surface area (Å²) in [6.07, 6.45) is 1.36. The maximum absolute atomic E-state index is 6.03. The van der Waals surface area contributed by atoms with E-state index in [1.165, 1.54) is 6.33 Å². The van der Waals surface area contributed by atoms with Crippen molar-refractivity contribution in [2.45, 2.75) is 6.92 Å². The lowest BCUT2D eigenvalue weighted by Crippen LogP contribution is -2.01. The van der Waals surface area contributed by atoms with Gasteiger partial charge in [-0.05, 0) is 18.6 Å². The van der Waals surface area contributed by atoms with Gasteiger partial charge >= 0.3 is 0 Å². The van der Waals surface area contributed by atoms with E-state index >= 15 is 0 Å². The van der Waals surface area contributed by atoms with Gasteiger partial charge in [-0.15, -0.1) is 0 Å². The maximum atomic E-state index is 6.03. The molecule has 3 N–H and O–H groups in total. The number of halogens is 1. The molecular weight excluding hydrogens is 252 g/mol. The third-order valence-corrected chi connectivity index (χ3v) is 2.89. The van der Waals surface area contributed by atoms with Crippen LogP contribution in [0.4, 0.5) is 17.3 Å². The van der Waals surface area contributed by atoms with Gasteiger partial charge in [-0.25, -0.2) is 9.97 Å². The molecule has 2 aromatic rings. The summed E-state index contributed by atoms with van der Waals surface area (Å²) in [5.41, 5.74) is 7.52. The quantitative estimate of drug-likeness (QED) is 0.892. The molecule has 2 rings (SSSR count). The number of methoxy groups -OCH3 is 1. The summed E-state index contributed by atoms with van der Waals surface area (Å²) in [5, 5.41) is 3.42. The number of anilines is 3. The minimum Gasteiger partial charge on any atom is -0.497 e. The molecule has 0 aliphatic heterocycles. The number of nitrogen functional groups attached to an aromatic ring is 1. The number of nitrogens with zero attached hydrogens (tertiary/aromatic N) is 2. The molecule has 0 radical (unpaired) electrons. The van der Waals surface area contributed by atoms with E-state index in [2.05, 4.69) is 15.3 Å². The van der Waals surface area contributed by atoms with Crippen molar-refractivity contribution in [2.75, 3.05) is 18.2 Å². The van der Waals surface area contributed by atoms with Crippen LogP contribution in [0.2, 0.25) is 5.02 Å². The largest absolute Gasteiger partial charge is 0.497 e. The number of rotatable bonds is 3. The highest BCUT2D eigenvalue weighted by Gasteiger charge is 2.08. The molecule has 0 amide bonds. The topological polar surface area (TPSA) is 73.1 Å². The van der Waals surface area contributed by atoms with Crippen LogP contribution in [0.3, 0.4) is 0 Å². The van der Waals surface area contributed by atoms with Crippen LogP contribution in [0.25, 0.3) is 0 Å².